The van der Waals surface area contributed by atoms with Crippen LogP contribution in [0.15, 0.2) is 59.4 Å². The van der Waals surface area contributed by atoms with Gasteiger partial charge in [0.2, 0.25) is 3.79 Å². The number of benzene rings is 2. The normalized spacial score (nSPS) is 11.8. The Hall–Kier alpha value is -1.55. The van der Waals surface area contributed by atoms with Crippen LogP contribution in [0.25, 0.3) is 10.9 Å². The van der Waals surface area contributed by atoms with Gasteiger partial charge in [-0.3, -0.25) is 9.36 Å². The number of para-hydroxylation sites is 1. The summed E-state index contributed by atoms with van der Waals surface area (Å²) in [7, 11) is 0. The molecule has 0 aliphatic carbocycles. The molecule has 0 aliphatic heterocycles. The Morgan fingerprint density at radius 2 is 1.59 bits per heavy atom. The SMILES string of the molecule is O=c1c2ccccc2nc(C(Cl)(Cl)Cl)n1Cc1ccccc1. The van der Waals surface area contributed by atoms with E-state index in [9.17, 15) is 4.79 Å². The average Bonchev–Trinajstić information content (AvgIpc) is 2.50. The third kappa shape index (κ3) is 2.98. The van der Waals surface area contributed by atoms with Crippen LogP contribution in [0.5, 0.6) is 0 Å². The topological polar surface area (TPSA) is 34.9 Å². The second-order valence-corrected chi connectivity index (χ2v) is 7.11. The molecule has 0 saturated carbocycles. The van der Waals surface area contributed by atoms with Crippen molar-refractivity contribution in [1.29, 1.82) is 0 Å². The molecule has 3 nitrogen and oxygen atoms in total. The number of rotatable bonds is 2. The maximum atomic E-state index is 12.7. The zero-order valence-corrected chi connectivity index (χ0v) is 13.6. The van der Waals surface area contributed by atoms with Gasteiger partial charge in [-0.05, 0) is 17.7 Å². The maximum absolute atomic E-state index is 12.7. The zero-order chi connectivity index (χ0) is 15.7. The van der Waals surface area contributed by atoms with E-state index in [1.165, 1.54) is 4.57 Å². The highest BCUT2D eigenvalue weighted by Gasteiger charge is 2.30. The molecule has 0 aliphatic rings. The fraction of sp³-hybridized carbons (Fsp3) is 0.125. The molecule has 6 heteroatoms. The molecule has 0 spiro atoms. The van der Waals surface area contributed by atoms with Crippen molar-refractivity contribution >= 4 is 45.7 Å². The van der Waals surface area contributed by atoms with Crippen LogP contribution < -0.4 is 5.56 Å². The number of hydrogen-bond donors (Lipinski definition) is 0. The van der Waals surface area contributed by atoms with Gasteiger partial charge in [0.15, 0.2) is 5.82 Å². The van der Waals surface area contributed by atoms with Crippen molar-refractivity contribution in [3.63, 3.8) is 0 Å². The lowest BCUT2D eigenvalue weighted by Crippen LogP contribution is -2.29. The quantitative estimate of drug-likeness (QED) is 0.645. The summed E-state index contributed by atoms with van der Waals surface area (Å²) >= 11 is 18.0. The highest BCUT2D eigenvalue weighted by atomic mass is 35.6. The number of halogens is 3. The molecule has 1 heterocycles. The Bertz CT molecular complexity index is 870. The number of hydrogen-bond acceptors (Lipinski definition) is 2. The Morgan fingerprint density at radius 3 is 2.27 bits per heavy atom. The summed E-state index contributed by atoms with van der Waals surface area (Å²) in [6.07, 6.45) is 0. The molecule has 0 N–H and O–H groups in total. The molecule has 0 radical (unpaired) electrons. The molecule has 22 heavy (non-hydrogen) atoms. The van der Waals surface area contributed by atoms with Crippen LogP contribution in [0.1, 0.15) is 11.4 Å². The van der Waals surface area contributed by atoms with Crippen LogP contribution in [-0.2, 0) is 10.3 Å². The van der Waals surface area contributed by atoms with E-state index in [0.717, 1.165) is 5.56 Å². The molecule has 0 amide bonds. The van der Waals surface area contributed by atoms with Gasteiger partial charge in [-0.15, -0.1) is 0 Å². The third-order valence-electron chi connectivity index (χ3n) is 3.30. The lowest BCUT2D eigenvalue weighted by molar-refractivity contribution is 0.690. The molecule has 2 aromatic carbocycles. The van der Waals surface area contributed by atoms with Gasteiger partial charge in [0, 0.05) is 0 Å². The molecule has 0 fully saturated rings. The minimum atomic E-state index is -1.78. The predicted molar refractivity (Wildman–Crippen MR) is 90.8 cm³/mol. The number of fused-ring (bicyclic) bond motifs is 1. The first kappa shape index (κ1) is 15.3. The van der Waals surface area contributed by atoms with E-state index >= 15 is 0 Å². The monoisotopic (exact) mass is 352 g/mol. The first-order valence-corrected chi connectivity index (χ1v) is 7.71. The van der Waals surface area contributed by atoms with E-state index in [0.29, 0.717) is 17.4 Å². The Morgan fingerprint density at radius 1 is 0.955 bits per heavy atom. The summed E-state index contributed by atoms with van der Waals surface area (Å²) in [6.45, 7) is 0.292. The molecular formula is C16H11Cl3N2O. The summed E-state index contributed by atoms with van der Waals surface area (Å²) in [5.74, 6) is 0.116. The van der Waals surface area contributed by atoms with E-state index in [4.69, 9.17) is 34.8 Å². The van der Waals surface area contributed by atoms with Crippen LogP contribution in [0.4, 0.5) is 0 Å². The molecule has 3 aromatic rings. The lowest BCUT2D eigenvalue weighted by atomic mass is 10.2. The largest absolute Gasteiger partial charge is 0.288 e. The molecule has 0 atom stereocenters. The fourth-order valence-corrected chi connectivity index (χ4v) is 2.73. The lowest BCUT2D eigenvalue weighted by Gasteiger charge is -2.18. The molecule has 0 unspecified atom stereocenters. The summed E-state index contributed by atoms with van der Waals surface area (Å²) < 4.78 is -0.372. The van der Waals surface area contributed by atoms with Crippen LogP contribution in [0, 0.1) is 0 Å². The maximum Gasteiger partial charge on any atom is 0.261 e. The van der Waals surface area contributed by atoms with Crippen LogP contribution >= 0.6 is 34.8 Å². The van der Waals surface area contributed by atoms with Crippen LogP contribution in [-0.4, -0.2) is 9.55 Å². The van der Waals surface area contributed by atoms with Gasteiger partial charge in [-0.1, -0.05) is 77.3 Å². The third-order valence-corrected chi connectivity index (χ3v) is 3.81. The zero-order valence-electron chi connectivity index (χ0n) is 11.3. The molecule has 0 bridgehead atoms. The van der Waals surface area contributed by atoms with Crippen molar-refractivity contribution in [3.05, 3.63) is 76.3 Å². The fourth-order valence-electron chi connectivity index (χ4n) is 2.30. The number of nitrogens with zero attached hydrogens (tertiary/aromatic N) is 2. The van der Waals surface area contributed by atoms with Gasteiger partial charge in [0.25, 0.3) is 5.56 Å². The van der Waals surface area contributed by atoms with Gasteiger partial charge >= 0.3 is 0 Å². The number of aromatic nitrogens is 2. The van der Waals surface area contributed by atoms with Crippen molar-refractivity contribution in [2.24, 2.45) is 0 Å². The molecular weight excluding hydrogens is 343 g/mol. The van der Waals surface area contributed by atoms with Gasteiger partial charge in [-0.25, -0.2) is 4.98 Å². The Kier molecular flexibility index (Phi) is 4.13. The van der Waals surface area contributed by atoms with Gasteiger partial charge in [0.05, 0.1) is 17.4 Å². The highest BCUT2D eigenvalue weighted by molar-refractivity contribution is 6.66. The average molecular weight is 354 g/mol. The van der Waals surface area contributed by atoms with E-state index < -0.39 is 3.79 Å². The van der Waals surface area contributed by atoms with Crippen molar-refractivity contribution < 1.29 is 0 Å². The van der Waals surface area contributed by atoms with E-state index in [1.807, 2.05) is 30.3 Å². The second kappa shape index (κ2) is 5.92. The van der Waals surface area contributed by atoms with Gasteiger partial charge in [0.1, 0.15) is 0 Å². The first-order chi connectivity index (χ1) is 10.5. The standard InChI is InChI=1S/C16H11Cl3N2O/c17-16(18,19)15-20-13-9-5-4-8-12(13)14(22)21(15)10-11-6-2-1-3-7-11/h1-9H,10H2. The molecule has 1 aromatic heterocycles. The second-order valence-electron chi connectivity index (χ2n) is 4.83. The van der Waals surface area contributed by atoms with E-state index in [-0.39, 0.29) is 11.4 Å². The minimum absolute atomic E-state index is 0.116. The van der Waals surface area contributed by atoms with Crippen molar-refractivity contribution in [2.75, 3.05) is 0 Å². The van der Waals surface area contributed by atoms with Crippen LogP contribution in [0.2, 0.25) is 0 Å². The minimum Gasteiger partial charge on any atom is -0.288 e. The summed E-state index contributed by atoms with van der Waals surface area (Å²) in [5.41, 5.74) is 1.21. The Labute approximate surface area is 142 Å². The van der Waals surface area contributed by atoms with Gasteiger partial charge in [-0.2, -0.15) is 0 Å². The first-order valence-electron chi connectivity index (χ1n) is 6.57. The van der Waals surface area contributed by atoms with Crippen LogP contribution in [0.3, 0.4) is 0 Å². The van der Waals surface area contributed by atoms with Crippen molar-refractivity contribution in [3.8, 4) is 0 Å². The van der Waals surface area contributed by atoms with E-state index in [1.54, 1.807) is 24.3 Å². The van der Waals surface area contributed by atoms with Crippen molar-refractivity contribution in [2.45, 2.75) is 10.3 Å². The summed E-state index contributed by atoms with van der Waals surface area (Å²) in [6, 6.07) is 16.5. The predicted octanol–water partition coefficient (Wildman–Crippen LogP) is 4.27. The smallest absolute Gasteiger partial charge is 0.261 e. The molecule has 3 rings (SSSR count). The number of alkyl halides is 3. The molecule has 0 saturated heterocycles. The van der Waals surface area contributed by atoms with Gasteiger partial charge < -0.3 is 0 Å². The summed E-state index contributed by atoms with van der Waals surface area (Å²) in [5, 5.41) is 0.497. The van der Waals surface area contributed by atoms with E-state index in [2.05, 4.69) is 4.98 Å². The molecule has 112 valence electrons. The highest BCUT2D eigenvalue weighted by Crippen LogP contribution is 2.37. The van der Waals surface area contributed by atoms with Crippen molar-refractivity contribution in [1.82, 2.24) is 9.55 Å². The Balaban J connectivity index is 2.26. The summed E-state index contributed by atoms with van der Waals surface area (Å²) in [4.78, 5) is 17.1.